The highest BCUT2D eigenvalue weighted by molar-refractivity contribution is 6.14. The molecule has 3 nitrogen and oxygen atoms in total. The van der Waals surface area contributed by atoms with E-state index in [-0.39, 0.29) is 34.7 Å². The topological polar surface area (TPSA) is 29.5 Å². The fraction of sp³-hybridized carbons (Fsp3) is 0.188. The van der Waals surface area contributed by atoms with E-state index in [1.165, 1.54) is 24.3 Å². The molecule has 0 spiro atoms. The van der Waals surface area contributed by atoms with Crippen molar-refractivity contribution < 1.29 is 27.1 Å². The predicted octanol–water partition coefficient (Wildman–Crippen LogP) is 3.50. The van der Waals surface area contributed by atoms with Crippen LogP contribution in [0.15, 0.2) is 30.3 Å². The molecule has 0 saturated heterocycles. The molecule has 4 rings (SSSR count). The lowest BCUT2D eigenvalue weighted by atomic mass is 9.98. The number of benzene rings is 2. The monoisotopic (exact) mass is 323 g/mol. The Morgan fingerprint density at radius 3 is 2.65 bits per heavy atom. The lowest BCUT2D eigenvalue weighted by Crippen LogP contribution is -2.44. The Bertz CT molecular complexity index is 850. The van der Waals surface area contributed by atoms with Gasteiger partial charge < -0.3 is 9.64 Å². The molecule has 2 aromatic rings. The van der Waals surface area contributed by atoms with Gasteiger partial charge in [-0.1, -0.05) is 6.07 Å². The van der Waals surface area contributed by atoms with Gasteiger partial charge in [-0.3, -0.25) is 4.79 Å². The number of ketones is 1. The van der Waals surface area contributed by atoms with E-state index in [4.69, 9.17) is 0 Å². The first-order valence-electron chi connectivity index (χ1n) is 6.84. The van der Waals surface area contributed by atoms with Crippen LogP contribution in [0.2, 0.25) is 0 Å². The van der Waals surface area contributed by atoms with Crippen molar-refractivity contribution >= 4 is 11.5 Å². The molecule has 0 radical (unpaired) electrons. The second kappa shape index (κ2) is 4.47. The number of alkyl halides is 2. The number of nitrogens with zero attached hydrogens (tertiary/aromatic N) is 1. The zero-order valence-corrected chi connectivity index (χ0v) is 11.6. The van der Waals surface area contributed by atoms with Crippen molar-refractivity contribution in [2.45, 2.75) is 12.7 Å². The first-order valence-corrected chi connectivity index (χ1v) is 6.84. The Balaban J connectivity index is 2.00. The number of fused-ring (bicyclic) bond motifs is 1. The summed E-state index contributed by atoms with van der Waals surface area (Å²) in [5.41, 5.74) is 0.0482. The van der Waals surface area contributed by atoms with E-state index in [2.05, 4.69) is 4.74 Å². The third kappa shape index (κ3) is 1.99. The van der Waals surface area contributed by atoms with E-state index in [9.17, 15) is 22.4 Å². The van der Waals surface area contributed by atoms with Crippen LogP contribution in [0.1, 0.15) is 21.5 Å². The standard InChI is InChI=1S/C16H9F4NO2/c17-11-5-4-8-10(13(11)18)6-21-7-16(19,20)23-12-3-1-2-9(14(12)21)15(8)22/h1-5H,6-7H2. The number of carbonyl (C=O) groups is 1. The SMILES string of the molecule is O=C1c2ccc(F)c(F)c2CN2CC(F)(F)Oc3cccc1c32. The summed E-state index contributed by atoms with van der Waals surface area (Å²) in [7, 11) is 0. The summed E-state index contributed by atoms with van der Waals surface area (Å²) in [4.78, 5) is 13.8. The summed E-state index contributed by atoms with van der Waals surface area (Å²) in [6, 6.07) is 6.22. The molecule has 0 amide bonds. The number of anilines is 1. The first kappa shape index (κ1) is 14.0. The van der Waals surface area contributed by atoms with Crippen LogP contribution in [0, 0.1) is 11.6 Å². The quantitative estimate of drug-likeness (QED) is 0.695. The molecule has 0 unspecified atom stereocenters. The lowest BCUT2D eigenvalue weighted by molar-refractivity contribution is -0.172. The Morgan fingerprint density at radius 2 is 1.87 bits per heavy atom. The van der Waals surface area contributed by atoms with Crippen molar-refractivity contribution in [3.63, 3.8) is 0 Å². The summed E-state index contributed by atoms with van der Waals surface area (Å²) in [6.07, 6.45) is -3.48. The molecule has 0 bridgehead atoms. The molecule has 118 valence electrons. The van der Waals surface area contributed by atoms with Crippen LogP contribution >= 0.6 is 0 Å². The van der Waals surface area contributed by atoms with Gasteiger partial charge in [0.05, 0.1) is 5.69 Å². The van der Waals surface area contributed by atoms with Crippen LogP contribution in [0.3, 0.4) is 0 Å². The third-order valence-electron chi connectivity index (χ3n) is 3.98. The smallest absolute Gasteiger partial charge is 0.415 e. The maximum atomic E-state index is 14.1. The maximum absolute atomic E-state index is 14.1. The van der Waals surface area contributed by atoms with Crippen LogP contribution in [0.4, 0.5) is 23.2 Å². The highest BCUT2D eigenvalue weighted by atomic mass is 19.3. The molecule has 0 aliphatic carbocycles. The number of ether oxygens (including phenoxy) is 1. The average Bonchev–Trinajstić information content (AvgIpc) is 2.60. The van der Waals surface area contributed by atoms with Gasteiger partial charge in [-0.15, -0.1) is 0 Å². The van der Waals surface area contributed by atoms with Crippen molar-refractivity contribution in [3.05, 3.63) is 58.7 Å². The molecule has 23 heavy (non-hydrogen) atoms. The minimum absolute atomic E-state index is 0.0324. The molecule has 2 heterocycles. The van der Waals surface area contributed by atoms with Crippen LogP contribution in [-0.4, -0.2) is 18.4 Å². The Labute approximate surface area is 128 Å². The predicted molar refractivity (Wildman–Crippen MR) is 72.9 cm³/mol. The molecule has 2 aromatic carbocycles. The van der Waals surface area contributed by atoms with Crippen molar-refractivity contribution in [3.8, 4) is 5.75 Å². The summed E-state index contributed by atoms with van der Waals surface area (Å²) >= 11 is 0. The second-order valence-corrected chi connectivity index (χ2v) is 5.46. The number of hydrogen-bond acceptors (Lipinski definition) is 3. The van der Waals surface area contributed by atoms with Crippen molar-refractivity contribution in [2.75, 3.05) is 11.4 Å². The highest BCUT2D eigenvalue weighted by Gasteiger charge is 2.44. The highest BCUT2D eigenvalue weighted by Crippen LogP contribution is 2.44. The van der Waals surface area contributed by atoms with Crippen LogP contribution < -0.4 is 9.64 Å². The van der Waals surface area contributed by atoms with Gasteiger partial charge in [0.25, 0.3) is 0 Å². The van der Waals surface area contributed by atoms with Gasteiger partial charge in [-0.25, -0.2) is 8.78 Å². The van der Waals surface area contributed by atoms with Gasteiger partial charge >= 0.3 is 6.11 Å². The Kier molecular flexibility index (Phi) is 2.73. The normalized spacial score (nSPS) is 17.9. The summed E-state index contributed by atoms with van der Waals surface area (Å²) in [6.45, 7) is -1.19. The van der Waals surface area contributed by atoms with Gasteiger partial charge in [0.2, 0.25) is 0 Å². The van der Waals surface area contributed by atoms with E-state index in [0.717, 1.165) is 11.0 Å². The third-order valence-corrected chi connectivity index (χ3v) is 3.98. The number of halogens is 4. The molecule has 0 N–H and O–H groups in total. The Morgan fingerprint density at radius 1 is 1.09 bits per heavy atom. The molecule has 2 aliphatic rings. The molecule has 2 aliphatic heterocycles. The fourth-order valence-corrected chi connectivity index (χ4v) is 3.04. The van der Waals surface area contributed by atoms with Crippen LogP contribution in [-0.2, 0) is 6.54 Å². The number of carbonyl (C=O) groups excluding carboxylic acids is 1. The first-order chi connectivity index (χ1) is 10.9. The van der Waals surface area contributed by atoms with E-state index in [0.29, 0.717) is 0 Å². The largest absolute Gasteiger partial charge is 0.429 e. The average molecular weight is 323 g/mol. The lowest BCUT2D eigenvalue weighted by Gasteiger charge is -2.35. The zero-order chi connectivity index (χ0) is 16.4. The molecule has 0 fully saturated rings. The Hall–Kier alpha value is -2.57. The van der Waals surface area contributed by atoms with E-state index in [1.807, 2.05) is 0 Å². The van der Waals surface area contributed by atoms with Gasteiger partial charge in [0.15, 0.2) is 23.2 Å². The maximum Gasteiger partial charge on any atom is 0.415 e. The van der Waals surface area contributed by atoms with Gasteiger partial charge in [0.1, 0.15) is 6.54 Å². The molecular weight excluding hydrogens is 314 g/mol. The number of para-hydroxylation sites is 1. The molecule has 0 atom stereocenters. The number of rotatable bonds is 0. The summed E-state index contributed by atoms with van der Waals surface area (Å²) in [5, 5.41) is 0. The van der Waals surface area contributed by atoms with Crippen molar-refractivity contribution in [1.82, 2.24) is 0 Å². The minimum Gasteiger partial charge on any atom is -0.429 e. The van der Waals surface area contributed by atoms with Crippen LogP contribution in [0.25, 0.3) is 0 Å². The fourth-order valence-electron chi connectivity index (χ4n) is 3.04. The van der Waals surface area contributed by atoms with E-state index >= 15 is 0 Å². The van der Waals surface area contributed by atoms with Crippen molar-refractivity contribution in [1.29, 1.82) is 0 Å². The molecule has 0 aromatic heterocycles. The van der Waals surface area contributed by atoms with E-state index < -0.39 is 30.1 Å². The molecule has 0 saturated carbocycles. The molecule has 7 heteroatoms. The van der Waals surface area contributed by atoms with E-state index in [1.54, 1.807) is 0 Å². The minimum atomic E-state index is -3.48. The van der Waals surface area contributed by atoms with Gasteiger partial charge in [0, 0.05) is 23.2 Å². The summed E-state index contributed by atoms with van der Waals surface area (Å²) in [5.74, 6) is -3.02. The van der Waals surface area contributed by atoms with Gasteiger partial charge in [-0.2, -0.15) is 8.78 Å². The second-order valence-electron chi connectivity index (χ2n) is 5.46. The van der Waals surface area contributed by atoms with Crippen LogP contribution in [0.5, 0.6) is 5.75 Å². The zero-order valence-electron chi connectivity index (χ0n) is 11.6. The molecular formula is C16H9F4NO2. The van der Waals surface area contributed by atoms with Crippen molar-refractivity contribution in [2.24, 2.45) is 0 Å². The summed E-state index contributed by atoms with van der Waals surface area (Å²) < 4.78 is 59.7. The number of hydrogen-bond donors (Lipinski definition) is 0. The van der Waals surface area contributed by atoms with Gasteiger partial charge in [-0.05, 0) is 24.3 Å².